The van der Waals surface area contributed by atoms with Crippen LogP contribution in [0.5, 0.6) is 0 Å². The highest BCUT2D eigenvalue weighted by molar-refractivity contribution is 5.82. The number of aryl methyl sites for hydroxylation is 9. The summed E-state index contributed by atoms with van der Waals surface area (Å²) in [7, 11) is 4.70. The SMILES string of the molecule is CC(C)(C)OC(=O)N1CCC[C@H]1CN.Cc1cc2nc(-c3nnnn3C)c(=O)n(C[C@H](O)[C@H](O)[C@H](O)COCC(=O)CC[C@@H]3CCCN3)c2cc1C.Cc1cc2nc(-c3nnnn3C)c(=O)n(C[C@H](O)[C@H](O)[C@H](O)COCC(=O)CC[C@@H]3CCCN3C(=O)OC(C)(C)C)c2cc1C.Cc1cc2nc(-c3nnnn3C)c(=O)n(C[C@H](O)[C@H](O)[C@H](O)COCC(=O)O)c2cc1C. The fraction of sp³-hybridized carbons (Fsp3) is 0.619. The maximum Gasteiger partial charge on any atom is 0.410 e. The molecule has 45 heteroatoms. The summed E-state index contributed by atoms with van der Waals surface area (Å²) in [5.41, 5.74) is 11.0. The molecule has 0 radical (unpaired) electrons. The summed E-state index contributed by atoms with van der Waals surface area (Å²) in [6.07, 6.45) is -7.33. The van der Waals surface area contributed by atoms with Gasteiger partial charge in [-0.1, -0.05) is 0 Å². The number of benzene rings is 3. The van der Waals surface area contributed by atoms with Gasteiger partial charge in [0.15, 0.2) is 28.6 Å². The van der Waals surface area contributed by atoms with E-state index in [-0.39, 0.29) is 110 Å². The summed E-state index contributed by atoms with van der Waals surface area (Å²) < 4.78 is 33.9. The molecule has 129 heavy (non-hydrogen) atoms. The molecule has 0 aliphatic carbocycles. The van der Waals surface area contributed by atoms with E-state index in [0.29, 0.717) is 65.1 Å². The normalized spacial score (nSPS) is 17.4. The van der Waals surface area contributed by atoms with Gasteiger partial charge < -0.3 is 109 Å². The first kappa shape index (κ1) is 102. The van der Waals surface area contributed by atoms with Crippen molar-refractivity contribution in [3.05, 3.63) is 101 Å². The number of carbonyl (C=O) groups is 5. The Hall–Kier alpha value is -10.9. The van der Waals surface area contributed by atoms with E-state index in [0.717, 1.165) is 91.4 Å². The van der Waals surface area contributed by atoms with Crippen molar-refractivity contribution in [2.45, 2.75) is 251 Å². The maximum absolute atomic E-state index is 13.5. The number of nitrogens with two attached hydrogens (primary N) is 1. The Labute approximate surface area is 742 Å². The summed E-state index contributed by atoms with van der Waals surface area (Å²) in [6.45, 7) is 21.7. The number of carboxylic acids is 1. The molecule has 0 saturated carbocycles. The molecular weight excluding hydrogens is 1690 g/mol. The van der Waals surface area contributed by atoms with Crippen LogP contribution in [-0.4, -0.2) is 330 Å². The molecule has 6 aromatic heterocycles. The van der Waals surface area contributed by atoms with Gasteiger partial charge in [0.25, 0.3) is 16.7 Å². The van der Waals surface area contributed by atoms with Crippen molar-refractivity contribution in [1.29, 1.82) is 0 Å². The quantitative estimate of drug-likeness (QED) is 0.0256. The number of fused-ring (bicyclic) bond motifs is 3. The number of aromatic nitrogens is 18. The number of nitrogens with one attached hydrogen (secondary N) is 1. The Balaban J connectivity index is 0.000000205. The minimum atomic E-state index is -1.70. The molecule has 0 unspecified atom stereocenters. The van der Waals surface area contributed by atoms with Gasteiger partial charge in [-0.15, -0.1) is 15.3 Å². The largest absolute Gasteiger partial charge is 0.480 e. The zero-order valence-corrected chi connectivity index (χ0v) is 75.5. The first-order valence-electron chi connectivity index (χ1n) is 42.6. The average molecular weight is 1810 g/mol. The molecule has 45 nitrogen and oxygen atoms in total. The van der Waals surface area contributed by atoms with Crippen molar-refractivity contribution in [1.82, 2.24) is 104 Å². The lowest BCUT2D eigenvalue weighted by atomic mass is 10.1. The standard InChI is InChI=1S/C30H43N7O8.C25H35N7O6.C19H24N6O7.C10H20N2O2/c1-17-12-21-22(13-18(17)2)37(28(42)25(31-21)27-32-33-34-35(27)6)14-23(39)26(41)24(40)16-44-15-20(38)10-9-19-8-7-11-36(19)29(43)45-30(3,4)5;1-14-9-18-19(10-15(14)2)32(25(37)22(27-18)24-28-29-30-31(24)3)11-20(34)23(36)21(35)13-38-12-17(33)7-6-16-5-4-8-26-16;1-9-4-11-12(5-10(9)2)25(19(31)16(20-11)18-21-22-23-24(18)3)6-13(26)17(30)14(27)7-32-8-15(28)29;1-10(2,3)14-9(13)12-6-4-5-8(12)7-11/h12-13,19,23-24,26,39-41H,7-11,14-16H2,1-6H3;9-10,16,20-21,23,26,34-36H,4-8,11-13H2,1-3H3;4-5,13-14,17,26-27,30H,6-8H2,1-3H3,(H,28,29);8H,4-7,11H2,1-3H3/t19-,23-,24+,26-;16-,20-,21+,23-;13-,14+,17-;8-/m0000/s1. The first-order chi connectivity index (χ1) is 60.8. The van der Waals surface area contributed by atoms with Gasteiger partial charge in [-0.3, -0.25) is 24.0 Å². The van der Waals surface area contributed by atoms with Gasteiger partial charge in [0.1, 0.15) is 86.0 Å². The van der Waals surface area contributed by atoms with Crippen LogP contribution in [0.25, 0.3) is 67.7 Å². The van der Waals surface area contributed by atoms with Gasteiger partial charge in [-0.25, -0.2) is 43.4 Å². The van der Waals surface area contributed by atoms with E-state index in [2.05, 4.69) is 66.8 Å². The number of aliphatic carboxylic acids is 1. The van der Waals surface area contributed by atoms with Crippen LogP contribution in [0.4, 0.5) is 9.59 Å². The molecule has 2 amide bonds. The molecule has 9 heterocycles. The van der Waals surface area contributed by atoms with Crippen LogP contribution in [0, 0.1) is 41.5 Å². The number of carboxylic acid groups (broad SMARTS) is 1. The van der Waals surface area contributed by atoms with E-state index in [4.69, 9.17) is 34.5 Å². The third-order valence-electron chi connectivity index (χ3n) is 22.2. The topological polar surface area (TPSA) is 614 Å². The van der Waals surface area contributed by atoms with Crippen molar-refractivity contribution >= 4 is 62.8 Å². The van der Waals surface area contributed by atoms with Gasteiger partial charge in [-0.2, -0.15) is 0 Å². The Morgan fingerprint density at radius 1 is 0.457 bits per heavy atom. The Morgan fingerprint density at radius 3 is 1.09 bits per heavy atom. The van der Waals surface area contributed by atoms with Gasteiger partial charge in [0.2, 0.25) is 17.5 Å². The number of nitrogens with zero attached hydrogens (tertiary/aromatic N) is 20. The van der Waals surface area contributed by atoms with Gasteiger partial charge in [-0.05, 0) is 242 Å². The lowest BCUT2D eigenvalue weighted by molar-refractivity contribution is -0.145. The molecule has 0 bridgehead atoms. The minimum Gasteiger partial charge on any atom is -0.480 e. The van der Waals surface area contributed by atoms with Crippen LogP contribution in [0.1, 0.15) is 139 Å². The second-order valence-corrected chi connectivity index (χ2v) is 34.7. The highest BCUT2D eigenvalue weighted by Gasteiger charge is 2.36. The van der Waals surface area contributed by atoms with E-state index in [1.807, 2.05) is 68.4 Å². The van der Waals surface area contributed by atoms with Gasteiger partial charge in [0.05, 0.1) is 72.6 Å². The fourth-order valence-electron chi connectivity index (χ4n) is 14.7. The molecule has 13 N–H and O–H groups in total. The second kappa shape index (κ2) is 45.6. The maximum atomic E-state index is 13.5. The van der Waals surface area contributed by atoms with Gasteiger partial charge in [0, 0.05) is 71.7 Å². The molecular formula is C84H122N22O23. The highest BCUT2D eigenvalue weighted by atomic mass is 16.6. The van der Waals surface area contributed by atoms with Crippen LogP contribution >= 0.6 is 0 Å². The third-order valence-corrected chi connectivity index (χ3v) is 22.2. The van der Waals surface area contributed by atoms with E-state index >= 15 is 0 Å². The number of aliphatic hydroxyl groups excluding tert-OH is 9. The first-order valence-corrected chi connectivity index (χ1v) is 42.6. The summed E-state index contributed by atoms with van der Waals surface area (Å²) >= 11 is 0. The third kappa shape index (κ3) is 27.4. The van der Waals surface area contributed by atoms with E-state index in [1.165, 1.54) is 27.7 Å². The Bertz CT molecular complexity index is 5540. The number of rotatable bonds is 34. The van der Waals surface area contributed by atoms with Crippen molar-refractivity contribution < 1.29 is 98.7 Å². The highest BCUT2D eigenvalue weighted by Crippen LogP contribution is 2.29. The number of carbonyl (C=O) groups excluding carboxylic acids is 4. The fourth-order valence-corrected chi connectivity index (χ4v) is 14.7. The summed E-state index contributed by atoms with van der Waals surface area (Å²) in [6, 6.07) is 11.1. The molecule has 0 spiro atoms. The lowest BCUT2D eigenvalue weighted by Crippen LogP contribution is -2.44. The number of amides is 2. The number of tetrazole rings is 3. The Morgan fingerprint density at radius 2 is 0.783 bits per heavy atom. The number of hydrogen-bond donors (Lipinski definition) is 12. The van der Waals surface area contributed by atoms with E-state index < -0.39 is 115 Å². The zero-order valence-electron chi connectivity index (χ0n) is 75.5. The van der Waals surface area contributed by atoms with Crippen molar-refractivity contribution in [3.63, 3.8) is 0 Å². The number of hydrogen-bond acceptors (Lipinski definition) is 36. The van der Waals surface area contributed by atoms with Crippen molar-refractivity contribution in [2.24, 2.45) is 26.9 Å². The van der Waals surface area contributed by atoms with Gasteiger partial charge >= 0.3 is 18.2 Å². The number of ketones is 2. The van der Waals surface area contributed by atoms with E-state index in [9.17, 15) is 84.3 Å². The van der Waals surface area contributed by atoms with Crippen LogP contribution in [0.15, 0.2) is 50.8 Å². The lowest BCUT2D eigenvalue weighted by Gasteiger charge is -2.28. The number of ether oxygens (including phenoxy) is 5. The minimum absolute atomic E-state index is 0.00913. The Kier molecular flexibility index (Phi) is 36.0. The molecule has 3 aliphatic rings. The van der Waals surface area contributed by atoms with Crippen molar-refractivity contribution in [3.8, 4) is 34.6 Å². The summed E-state index contributed by atoms with van der Waals surface area (Å²) in [5.74, 6) is -1.14. The van der Waals surface area contributed by atoms with Crippen molar-refractivity contribution in [2.75, 3.05) is 65.8 Å². The molecule has 12 rings (SSSR count). The smallest absolute Gasteiger partial charge is 0.410 e. The molecule has 3 aliphatic heterocycles. The molecule has 706 valence electrons. The predicted molar refractivity (Wildman–Crippen MR) is 464 cm³/mol. The predicted octanol–water partition coefficient (Wildman–Crippen LogP) is 0.189. The monoisotopic (exact) mass is 1810 g/mol. The number of likely N-dealkylation sites (tertiary alicyclic amines) is 2. The summed E-state index contributed by atoms with van der Waals surface area (Å²) in [4.78, 5) is 116. The van der Waals surface area contributed by atoms with Crippen LogP contribution in [-0.2, 0) is 78.8 Å². The number of aliphatic hydroxyl groups is 9. The zero-order chi connectivity index (χ0) is 94.8. The summed E-state index contributed by atoms with van der Waals surface area (Å²) in [5, 5.41) is 140. The van der Waals surface area contributed by atoms with E-state index in [1.54, 1.807) is 82.0 Å². The second-order valence-electron chi connectivity index (χ2n) is 34.7. The molecule has 12 atom stereocenters. The molecule has 3 aromatic carbocycles. The molecule has 9 aromatic rings. The van der Waals surface area contributed by atoms with Crippen LogP contribution in [0.2, 0.25) is 0 Å². The van der Waals surface area contributed by atoms with Crippen LogP contribution in [0.3, 0.4) is 0 Å². The van der Waals surface area contributed by atoms with Crippen LogP contribution < -0.4 is 27.7 Å². The molecule has 3 saturated heterocycles. The number of Topliss-reactive ketones (excluding diaryl/α,β-unsaturated/α-hetero) is 2. The average Bonchev–Trinajstić information content (AvgIpc) is 1.72. The molecule has 3 fully saturated rings.